The molecule has 0 aromatic heterocycles. The number of carbonyl (C=O) groups is 1. The van der Waals surface area contributed by atoms with Crippen LogP contribution in [0.1, 0.15) is 29.7 Å². The predicted octanol–water partition coefficient (Wildman–Crippen LogP) is 3.21. The summed E-state index contributed by atoms with van der Waals surface area (Å²) in [5.41, 5.74) is 5.78. The Bertz CT molecular complexity index is 846. The summed E-state index contributed by atoms with van der Waals surface area (Å²) in [5, 5.41) is 16.8. The van der Waals surface area contributed by atoms with Gasteiger partial charge in [0.2, 0.25) is 0 Å². The van der Waals surface area contributed by atoms with Gasteiger partial charge < -0.3 is 15.6 Å². The molecule has 2 rings (SSSR count). The van der Waals surface area contributed by atoms with E-state index in [4.69, 9.17) is 27.7 Å². The molecule has 4 N–H and O–H groups in total. The summed E-state index contributed by atoms with van der Waals surface area (Å²) in [6.45, 7) is 1.46. The van der Waals surface area contributed by atoms with E-state index < -0.39 is 35.0 Å². The van der Waals surface area contributed by atoms with Crippen molar-refractivity contribution < 1.29 is 23.4 Å². The Labute approximate surface area is 159 Å². The van der Waals surface area contributed by atoms with E-state index in [1.54, 1.807) is 31.2 Å². The molecule has 0 aliphatic carbocycles. The first kappa shape index (κ1) is 20.6. The van der Waals surface area contributed by atoms with Crippen LogP contribution in [0.25, 0.3) is 0 Å². The standard InChI is InChI=1S/C18H18ClF2N3O3/c1-2-27-16(14-12(20)7-8-13(25)15(14)21)18(26)24(19)9-10-3-5-11(6-4-10)17(22)23/h3-8,16,25H,2,9H2,1H3,(H3,22,23). The minimum atomic E-state index is -1.66. The highest BCUT2D eigenvalue weighted by atomic mass is 35.5. The third-order valence-electron chi connectivity index (χ3n) is 3.75. The van der Waals surface area contributed by atoms with Crippen LogP contribution in [0.5, 0.6) is 5.75 Å². The van der Waals surface area contributed by atoms with Crippen molar-refractivity contribution >= 4 is 23.5 Å². The van der Waals surface area contributed by atoms with E-state index in [1.165, 1.54) is 0 Å². The highest BCUT2D eigenvalue weighted by molar-refractivity contribution is 6.21. The number of amidine groups is 1. The molecule has 144 valence electrons. The third kappa shape index (κ3) is 4.72. The number of nitrogen functional groups attached to an aromatic ring is 1. The average Bonchev–Trinajstić information content (AvgIpc) is 2.64. The van der Waals surface area contributed by atoms with Crippen molar-refractivity contribution in [3.63, 3.8) is 0 Å². The van der Waals surface area contributed by atoms with E-state index in [1.807, 2.05) is 0 Å². The van der Waals surface area contributed by atoms with Crippen molar-refractivity contribution in [1.82, 2.24) is 4.42 Å². The van der Waals surface area contributed by atoms with Crippen LogP contribution < -0.4 is 5.73 Å². The van der Waals surface area contributed by atoms with Crippen molar-refractivity contribution in [3.05, 3.63) is 64.7 Å². The monoisotopic (exact) mass is 397 g/mol. The van der Waals surface area contributed by atoms with Gasteiger partial charge in [0, 0.05) is 23.9 Å². The molecule has 0 aliphatic heterocycles. The summed E-state index contributed by atoms with van der Waals surface area (Å²) in [5.74, 6) is -4.11. The molecule has 0 fully saturated rings. The number of carbonyl (C=O) groups excluding carboxylic acids is 1. The number of phenolic OH excluding ortho intramolecular Hbond substituents is 1. The molecule has 0 saturated heterocycles. The van der Waals surface area contributed by atoms with Crippen LogP contribution in [-0.2, 0) is 16.1 Å². The van der Waals surface area contributed by atoms with Crippen molar-refractivity contribution in [3.8, 4) is 5.75 Å². The summed E-state index contributed by atoms with van der Waals surface area (Å²) in [6.07, 6.45) is -1.66. The lowest BCUT2D eigenvalue weighted by Crippen LogP contribution is -2.30. The van der Waals surface area contributed by atoms with Gasteiger partial charge in [-0.2, -0.15) is 0 Å². The van der Waals surface area contributed by atoms with Crippen LogP contribution in [0.2, 0.25) is 0 Å². The molecular weight excluding hydrogens is 380 g/mol. The molecule has 9 heteroatoms. The number of rotatable bonds is 7. The van der Waals surface area contributed by atoms with Gasteiger partial charge in [0.05, 0.1) is 12.1 Å². The Kier molecular flexibility index (Phi) is 6.70. The number of ether oxygens (including phenoxy) is 1. The fourth-order valence-corrected chi connectivity index (χ4v) is 2.62. The lowest BCUT2D eigenvalue weighted by molar-refractivity contribution is -0.139. The first-order chi connectivity index (χ1) is 12.8. The minimum Gasteiger partial charge on any atom is -0.505 e. The molecule has 1 unspecified atom stereocenters. The van der Waals surface area contributed by atoms with E-state index in [-0.39, 0.29) is 19.0 Å². The van der Waals surface area contributed by atoms with Crippen molar-refractivity contribution in [2.24, 2.45) is 5.73 Å². The number of hydrogen-bond donors (Lipinski definition) is 3. The number of halogens is 3. The molecule has 2 aromatic carbocycles. The van der Waals surface area contributed by atoms with Gasteiger partial charge in [-0.3, -0.25) is 10.2 Å². The van der Waals surface area contributed by atoms with Gasteiger partial charge in [0.25, 0.3) is 5.91 Å². The number of nitrogens with zero attached hydrogens (tertiary/aromatic N) is 1. The smallest absolute Gasteiger partial charge is 0.271 e. The van der Waals surface area contributed by atoms with E-state index in [2.05, 4.69) is 0 Å². The van der Waals surface area contributed by atoms with Gasteiger partial charge in [-0.25, -0.2) is 13.2 Å². The summed E-state index contributed by atoms with van der Waals surface area (Å²) < 4.78 is 34.2. The zero-order valence-electron chi connectivity index (χ0n) is 14.4. The van der Waals surface area contributed by atoms with Gasteiger partial charge in [-0.05, 0) is 24.6 Å². The van der Waals surface area contributed by atoms with Crippen LogP contribution in [0.15, 0.2) is 36.4 Å². The van der Waals surface area contributed by atoms with E-state index >= 15 is 0 Å². The summed E-state index contributed by atoms with van der Waals surface area (Å²) >= 11 is 6.02. The number of phenols is 1. The van der Waals surface area contributed by atoms with Crippen LogP contribution >= 0.6 is 11.8 Å². The lowest BCUT2D eigenvalue weighted by atomic mass is 10.1. The van der Waals surface area contributed by atoms with Gasteiger partial charge in [-0.15, -0.1) is 0 Å². The second-order valence-electron chi connectivity index (χ2n) is 5.60. The number of amides is 1. The molecule has 0 radical (unpaired) electrons. The zero-order chi connectivity index (χ0) is 20.1. The zero-order valence-corrected chi connectivity index (χ0v) is 15.1. The highest BCUT2D eigenvalue weighted by Crippen LogP contribution is 2.31. The Morgan fingerprint density at radius 3 is 2.48 bits per heavy atom. The number of nitrogens with one attached hydrogen (secondary N) is 1. The molecular formula is C18H18ClF2N3O3. The largest absolute Gasteiger partial charge is 0.505 e. The van der Waals surface area contributed by atoms with Gasteiger partial charge >= 0.3 is 0 Å². The Morgan fingerprint density at radius 2 is 1.93 bits per heavy atom. The first-order valence-electron chi connectivity index (χ1n) is 7.95. The third-order valence-corrected chi connectivity index (χ3v) is 4.04. The van der Waals surface area contributed by atoms with Crippen LogP contribution in [0, 0.1) is 17.0 Å². The van der Waals surface area contributed by atoms with Crippen LogP contribution in [-0.4, -0.2) is 27.9 Å². The fourth-order valence-electron chi connectivity index (χ4n) is 2.40. The second kappa shape index (κ2) is 8.79. The maximum absolute atomic E-state index is 14.2. The Hall–Kier alpha value is -2.71. The Balaban J connectivity index is 2.26. The number of nitrogens with two attached hydrogens (primary N) is 1. The molecule has 27 heavy (non-hydrogen) atoms. The Morgan fingerprint density at radius 1 is 1.30 bits per heavy atom. The van der Waals surface area contributed by atoms with Crippen LogP contribution in [0.4, 0.5) is 8.78 Å². The fraction of sp³-hybridized carbons (Fsp3) is 0.222. The van der Waals surface area contributed by atoms with E-state index in [9.17, 15) is 18.7 Å². The van der Waals surface area contributed by atoms with Crippen molar-refractivity contribution in [1.29, 1.82) is 5.41 Å². The molecule has 0 aliphatic rings. The summed E-state index contributed by atoms with van der Waals surface area (Å²) in [4.78, 5) is 12.6. The maximum Gasteiger partial charge on any atom is 0.271 e. The van der Waals surface area contributed by atoms with Crippen LogP contribution in [0.3, 0.4) is 0 Å². The SMILES string of the molecule is CCOC(C(=O)N(Cl)Cc1ccc(C(=N)N)cc1)c1c(F)ccc(O)c1F. The normalized spacial score (nSPS) is 11.9. The quantitative estimate of drug-likeness (QED) is 0.379. The summed E-state index contributed by atoms with van der Waals surface area (Å²) in [6, 6.07) is 8.08. The predicted molar refractivity (Wildman–Crippen MR) is 96.3 cm³/mol. The molecule has 0 spiro atoms. The van der Waals surface area contributed by atoms with Gasteiger partial charge in [-0.1, -0.05) is 24.3 Å². The second-order valence-corrected chi connectivity index (χ2v) is 6.01. The molecule has 0 bridgehead atoms. The maximum atomic E-state index is 14.2. The number of aromatic hydroxyl groups is 1. The molecule has 2 aromatic rings. The molecule has 0 heterocycles. The van der Waals surface area contributed by atoms with E-state index in [0.29, 0.717) is 11.1 Å². The average molecular weight is 398 g/mol. The van der Waals surface area contributed by atoms with Crippen molar-refractivity contribution in [2.75, 3.05) is 6.61 Å². The number of hydrogen-bond acceptors (Lipinski definition) is 4. The minimum absolute atomic E-state index is 0.0109. The molecule has 1 amide bonds. The molecule has 1 atom stereocenters. The van der Waals surface area contributed by atoms with Crippen molar-refractivity contribution in [2.45, 2.75) is 19.6 Å². The van der Waals surface area contributed by atoms with Gasteiger partial charge in [0.15, 0.2) is 17.7 Å². The molecule has 6 nitrogen and oxygen atoms in total. The highest BCUT2D eigenvalue weighted by Gasteiger charge is 2.32. The number of benzene rings is 2. The summed E-state index contributed by atoms with van der Waals surface area (Å²) in [7, 11) is 0. The van der Waals surface area contributed by atoms with E-state index in [0.717, 1.165) is 16.6 Å². The topological polar surface area (TPSA) is 99.6 Å². The molecule has 0 saturated carbocycles. The first-order valence-corrected chi connectivity index (χ1v) is 8.29. The lowest BCUT2D eigenvalue weighted by Gasteiger charge is -2.23. The van der Waals surface area contributed by atoms with Gasteiger partial charge in [0.1, 0.15) is 11.7 Å².